The molecular weight excluding hydrogens is 417 g/mol. The second-order valence-electron chi connectivity index (χ2n) is 7.01. The highest BCUT2D eigenvalue weighted by Crippen LogP contribution is 2.33. The van der Waals surface area contributed by atoms with Crippen LogP contribution in [0.1, 0.15) is 19.6 Å². The maximum atomic E-state index is 13.5. The third kappa shape index (κ3) is 4.98. The van der Waals surface area contributed by atoms with Gasteiger partial charge in [0, 0.05) is 26.8 Å². The molecule has 0 aliphatic carbocycles. The van der Waals surface area contributed by atoms with Gasteiger partial charge in [-0.1, -0.05) is 36.4 Å². The average Bonchev–Trinajstić information content (AvgIpc) is 3.09. The molecule has 0 spiro atoms. The highest BCUT2D eigenvalue weighted by Gasteiger charge is 2.34. The molecule has 0 radical (unpaired) electrons. The molecule has 0 aliphatic rings. The number of alkyl halides is 3. The van der Waals surface area contributed by atoms with Gasteiger partial charge in [-0.15, -0.1) is 5.10 Å². The maximum Gasteiger partial charge on any atom is 0.433 e. The van der Waals surface area contributed by atoms with Crippen molar-refractivity contribution in [2.24, 2.45) is 0 Å². The van der Waals surface area contributed by atoms with Crippen molar-refractivity contribution in [2.75, 3.05) is 19.4 Å². The van der Waals surface area contributed by atoms with Crippen LogP contribution in [0.5, 0.6) is 0 Å². The number of anilines is 1. The molecule has 0 saturated carbocycles. The molecule has 9 heteroatoms. The van der Waals surface area contributed by atoms with Gasteiger partial charge < -0.3 is 10.2 Å². The predicted molar refractivity (Wildman–Crippen MR) is 120 cm³/mol. The summed E-state index contributed by atoms with van der Waals surface area (Å²) >= 11 is 0. The first-order valence-corrected chi connectivity index (χ1v) is 9.65. The van der Waals surface area contributed by atoms with Crippen molar-refractivity contribution in [2.45, 2.75) is 13.1 Å². The van der Waals surface area contributed by atoms with E-state index in [0.717, 1.165) is 6.07 Å². The van der Waals surface area contributed by atoms with Crippen LogP contribution in [0.3, 0.4) is 0 Å². The predicted octanol–water partition coefficient (Wildman–Crippen LogP) is 5.48. The van der Waals surface area contributed by atoms with Crippen LogP contribution in [0.25, 0.3) is 16.9 Å². The van der Waals surface area contributed by atoms with Crippen LogP contribution in [-0.2, 0) is 6.18 Å². The van der Waals surface area contributed by atoms with Crippen molar-refractivity contribution < 1.29 is 14.6 Å². The van der Waals surface area contributed by atoms with Gasteiger partial charge in [0.1, 0.15) is 17.3 Å². The molecule has 3 aromatic rings. The molecule has 0 saturated heterocycles. The van der Waals surface area contributed by atoms with Crippen LogP contribution in [0.4, 0.5) is 19.0 Å². The Labute approximate surface area is 185 Å². The van der Waals surface area contributed by atoms with E-state index in [-0.39, 0.29) is 24.1 Å². The topological polar surface area (TPSA) is 69.2 Å². The fraction of sp³-hybridized carbons (Fsp3) is 0.174. The van der Waals surface area contributed by atoms with Gasteiger partial charge in [0.15, 0.2) is 11.5 Å². The second kappa shape index (κ2) is 9.39. The number of aromatic nitrogens is 3. The molecule has 32 heavy (non-hydrogen) atoms. The lowest BCUT2D eigenvalue weighted by Gasteiger charge is -2.10. The van der Waals surface area contributed by atoms with Gasteiger partial charge in [0.25, 0.3) is 0 Å². The zero-order chi connectivity index (χ0) is 23.3. The van der Waals surface area contributed by atoms with Gasteiger partial charge in [-0.25, -0.2) is 9.50 Å². The minimum absolute atomic E-state index is 0. The largest absolute Gasteiger partial charge is 0.433 e. The molecule has 1 N–H and O–H groups in total. The average molecular weight is 440 g/mol. The van der Waals surface area contributed by atoms with Gasteiger partial charge in [-0.05, 0) is 37.4 Å². The molecule has 3 rings (SSSR count). The van der Waals surface area contributed by atoms with E-state index in [1.807, 2.05) is 38.2 Å². The number of benzene rings is 1. The molecule has 166 valence electrons. The molecule has 1 aromatic carbocycles. The van der Waals surface area contributed by atoms with Crippen LogP contribution in [0, 0.1) is 11.3 Å². The Morgan fingerprint density at radius 3 is 2.56 bits per heavy atom. The summed E-state index contributed by atoms with van der Waals surface area (Å²) in [7, 11) is 3.75. The van der Waals surface area contributed by atoms with Crippen molar-refractivity contribution >= 4 is 11.5 Å². The van der Waals surface area contributed by atoms with E-state index < -0.39 is 11.9 Å². The Kier molecular flexibility index (Phi) is 6.64. The zero-order valence-electron chi connectivity index (χ0n) is 17.7. The third-order valence-electron chi connectivity index (χ3n) is 4.33. The van der Waals surface area contributed by atoms with Gasteiger partial charge in [-0.3, -0.25) is 0 Å². The van der Waals surface area contributed by atoms with Crippen molar-refractivity contribution in [1.82, 2.24) is 19.5 Å². The van der Waals surface area contributed by atoms with E-state index in [1.165, 1.54) is 4.52 Å². The van der Waals surface area contributed by atoms with Crippen LogP contribution >= 0.6 is 0 Å². The van der Waals surface area contributed by atoms with Gasteiger partial charge in [0.2, 0.25) is 0 Å². The normalized spacial score (nSPS) is 12.6. The Morgan fingerprint density at radius 2 is 1.97 bits per heavy atom. The van der Waals surface area contributed by atoms with Crippen LogP contribution in [0.15, 0.2) is 72.6 Å². The molecule has 0 fully saturated rings. The van der Waals surface area contributed by atoms with Crippen molar-refractivity contribution in [3.8, 4) is 17.3 Å². The molecular formula is C23H23F3N6. The number of allylic oxidation sites excluding steroid dienone is 4. The fourth-order valence-electron chi connectivity index (χ4n) is 2.94. The molecule has 0 atom stereocenters. The highest BCUT2D eigenvalue weighted by atomic mass is 19.4. The first-order chi connectivity index (χ1) is 15.2. The summed E-state index contributed by atoms with van der Waals surface area (Å²) in [5, 5.41) is 17.2. The summed E-state index contributed by atoms with van der Waals surface area (Å²) in [4.78, 5) is 5.57. The van der Waals surface area contributed by atoms with Crippen molar-refractivity contribution in [3.05, 3.63) is 83.9 Å². The SMILES string of the molecule is C\C=C/C(=C\C=C\N(C)C)Nc1nn2c(-c3ccccc3)cc(C(F)(F)F)nc2c1C#N.[HH]. The minimum Gasteiger partial charge on any atom is -0.383 e. The molecule has 2 aromatic heterocycles. The summed E-state index contributed by atoms with van der Waals surface area (Å²) in [5.41, 5.74) is -0.0565. The number of fused-ring (bicyclic) bond motifs is 1. The summed E-state index contributed by atoms with van der Waals surface area (Å²) in [6, 6.07) is 11.4. The summed E-state index contributed by atoms with van der Waals surface area (Å²) < 4.78 is 41.9. The molecule has 6 nitrogen and oxygen atoms in total. The fourth-order valence-corrected chi connectivity index (χ4v) is 2.94. The lowest BCUT2D eigenvalue weighted by molar-refractivity contribution is -0.141. The quantitative estimate of drug-likeness (QED) is 0.514. The molecule has 0 aliphatic heterocycles. The molecule has 0 bridgehead atoms. The van der Waals surface area contributed by atoms with E-state index in [9.17, 15) is 18.4 Å². The summed E-state index contributed by atoms with van der Waals surface area (Å²) in [6.07, 6.45) is 4.25. The third-order valence-corrected chi connectivity index (χ3v) is 4.33. The Bertz CT molecular complexity index is 1240. The second-order valence-corrected chi connectivity index (χ2v) is 7.01. The monoisotopic (exact) mass is 440 g/mol. The highest BCUT2D eigenvalue weighted by molar-refractivity contribution is 5.74. The number of nitrogens with one attached hydrogen (secondary N) is 1. The van der Waals surface area contributed by atoms with Crippen LogP contribution in [0.2, 0.25) is 0 Å². The Hall–Kier alpha value is -4.06. The van der Waals surface area contributed by atoms with Crippen molar-refractivity contribution in [1.29, 1.82) is 5.26 Å². The van der Waals surface area contributed by atoms with Gasteiger partial charge >= 0.3 is 6.18 Å². The van der Waals surface area contributed by atoms with E-state index in [1.54, 1.807) is 54.6 Å². The van der Waals surface area contributed by atoms with E-state index in [2.05, 4.69) is 15.4 Å². The molecule has 0 amide bonds. The first kappa shape index (κ1) is 22.6. The van der Waals surface area contributed by atoms with Crippen molar-refractivity contribution in [3.63, 3.8) is 0 Å². The van der Waals surface area contributed by atoms with Crippen LogP contribution < -0.4 is 5.32 Å². The number of nitrogens with zero attached hydrogens (tertiary/aromatic N) is 5. The smallest absolute Gasteiger partial charge is 0.383 e. The molecule has 0 unspecified atom stereocenters. The number of nitriles is 1. The van der Waals surface area contributed by atoms with Gasteiger partial charge in [0.05, 0.1) is 5.69 Å². The number of halogens is 3. The maximum absolute atomic E-state index is 13.5. The Balaban J connectivity index is 0.00000385. The number of hydrogen-bond acceptors (Lipinski definition) is 5. The zero-order valence-corrected chi connectivity index (χ0v) is 17.7. The minimum atomic E-state index is -4.68. The first-order valence-electron chi connectivity index (χ1n) is 9.65. The molecule has 2 heterocycles. The van der Waals surface area contributed by atoms with Gasteiger partial charge in [-0.2, -0.15) is 18.4 Å². The summed E-state index contributed by atoms with van der Waals surface area (Å²) in [6.45, 7) is 1.82. The standard InChI is InChI=1S/C23H21F3N6.H2/c1-4-9-17(12-8-13-31(2)3)28-21-18(15-27)22-29-20(23(24,25)26)14-19(32(22)30-21)16-10-6-5-7-11-16;/h4-14H,1-3H3,(H,28,30);1H/b9-4-,13-8+,17-12+;. The number of rotatable bonds is 6. The lowest BCUT2D eigenvalue weighted by atomic mass is 10.1. The number of hydrogen-bond donors (Lipinski definition) is 1. The lowest BCUT2D eigenvalue weighted by Crippen LogP contribution is -2.11. The van der Waals surface area contributed by atoms with E-state index in [4.69, 9.17) is 0 Å². The summed E-state index contributed by atoms with van der Waals surface area (Å²) in [5.74, 6) is 0.110. The van der Waals surface area contributed by atoms with Crippen LogP contribution in [-0.4, -0.2) is 33.6 Å². The Morgan fingerprint density at radius 1 is 1.25 bits per heavy atom. The van der Waals surface area contributed by atoms with E-state index in [0.29, 0.717) is 11.3 Å². The van der Waals surface area contributed by atoms with E-state index >= 15 is 0 Å².